The lowest BCUT2D eigenvalue weighted by molar-refractivity contribution is -0.140. The van der Waals surface area contributed by atoms with E-state index in [9.17, 15) is 14.7 Å². The number of carbonyl (C=O) groups excluding carboxylic acids is 2. The fourth-order valence-corrected chi connectivity index (χ4v) is 2.50. The largest absolute Gasteiger partial charge is 0.469 e. The number of esters is 1. The van der Waals surface area contributed by atoms with Crippen molar-refractivity contribution in [2.75, 3.05) is 7.11 Å². The molecule has 0 amide bonds. The van der Waals surface area contributed by atoms with Gasteiger partial charge in [-0.25, -0.2) is 0 Å². The van der Waals surface area contributed by atoms with Crippen LogP contribution >= 0.6 is 0 Å². The summed E-state index contributed by atoms with van der Waals surface area (Å²) in [6, 6.07) is 3.61. The van der Waals surface area contributed by atoms with Gasteiger partial charge in [-0.05, 0) is 25.3 Å². The molecule has 1 N–H and O–H groups in total. The van der Waals surface area contributed by atoms with Crippen LogP contribution < -0.4 is 0 Å². The van der Waals surface area contributed by atoms with E-state index in [-0.39, 0.29) is 30.7 Å². The molecule has 1 heterocycles. The number of aromatic nitrogens is 1. The third kappa shape index (κ3) is 8.59. The Balaban J connectivity index is 2.56. The summed E-state index contributed by atoms with van der Waals surface area (Å²) >= 11 is 0. The average Bonchev–Trinajstić information content (AvgIpc) is 2.62. The van der Waals surface area contributed by atoms with Crippen molar-refractivity contribution in [2.45, 2.75) is 64.4 Å². The lowest BCUT2D eigenvalue weighted by Crippen LogP contribution is -2.07. The van der Waals surface area contributed by atoms with Gasteiger partial charge in [-0.15, -0.1) is 0 Å². The van der Waals surface area contributed by atoms with E-state index in [0.29, 0.717) is 18.5 Å². The summed E-state index contributed by atoms with van der Waals surface area (Å²) in [7, 11) is 1.34. The van der Waals surface area contributed by atoms with Crippen molar-refractivity contribution in [3.63, 3.8) is 0 Å². The number of aliphatic hydroxyl groups excluding tert-OH is 1. The fraction of sp³-hybridized carbons (Fsp3) is 0.550. The zero-order chi connectivity index (χ0) is 18.5. The van der Waals surface area contributed by atoms with Crippen LogP contribution in [0.5, 0.6) is 0 Å². The molecule has 1 unspecified atom stereocenters. The lowest BCUT2D eigenvalue weighted by Gasteiger charge is -2.07. The van der Waals surface area contributed by atoms with Crippen LogP contribution in [0.25, 0.3) is 6.08 Å². The van der Waals surface area contributed by atoms with E-state index < -0.39 is 0 Å². The molecule has 0 fully saturated rings. The van der Waals surface area contributed by atoms with Gasteiger partial charge in [0.15, 0.2) is 5.78 Å². The Hall–Kier alpha value is -2.01. The van der Waals surface area contributed by atoms with Gasteiger partial charge in [0.2, 0.25) is 0 Å². The van der Waals surface area contributed by atoms with Gasteiger partial charge in [-0.3, -0.25) is 14.6 Å². The Kier molecular flexibility index (Phi) is 10.4. The first kappa shape index (κ1) is 21.0. The summed E-state index contributed by atoms with van der Waals surface area (Å²) in [5.41, 5.74) is 1.15. The molecule has 0 aliphatic rings. The van der Waals surface area contributed by atoms with E-state index in [4.69, 9.17) is 0 Å². The topological polar surface area (TPSA) is 76.5 Å². The highest BCUT2D eigenvalue weighted by Crippen LogP contribution is 2.14. The number of Topliss-reactive ketones (excluding diaryl/α,β-unsaturated/α-hetero) is 1. The van der Waals surface area contributed by atoms with Crippen LogP contribution in [0.2, 0.25) is 0 Å². The molecule has 1 aromatic rings. The maximum absolute atomic E-state index is 12.3. The summed E-state index contributed by atoms with van der Waals surface area (Å²) in [5.74, 6) is -0.404. The molecule has 5 heteroatoms. The molecule has 0 spiro atoms. The highest BCUT2D eigenvalue weighted by atomic mass is 16.5. The Morgan fingerprint density at radius 3 is 2.80 bits per heavy atom. The first-order chi connectivity index (χ1) is 12.1. The third-order valence-electron chi connectivity index (χ3n) is 3.96. The standard InChI is InChI=1S/C20H29NO4/c1-3-4-5-11-17(22)12-6-9-16-10-8-15-21-20(16)18(23)13-7-14-19(24)25-2/h6,8-10,15,17,22H,3-5,7,11-14H2,1-2H3/b9-6+. The van der Waals surface area contributed by atoms with Gasteiger partial charge in [-0.2, -0.15) is 0 Å². The van der Waals surface area contributed by atoms with Crippen molar-refractivity contribution in [2.24, 2.45) is 0 Å². The van der Waals surface area contributed by atoms with E-state index in [2.05, 4.69) is 16.6 Å². The normalized spacial score (nSPS) is 12.3. The first-order valence-electron chi connectivity index (χ1n) is 8.98. The molecule has 1 atom stereocenters. The highest BCUT2D eigenvalue weighted by molar-refractivity contribution is 5.97. The van der Waals surface area contributed by atoms with E-state index in [1.807, 2.05) is 18.2 Å². The van der Waals surface area contributed by atoms with E-state index in [1.165, 1.54) is 7.11 Å². The minimum absolute atomic E-state index is 0.0901. The fourth-order valence-electron chi connectivity index (χ4n) is 2.50. The van der Waals surface area contributed by atoms with Gasteiger partial charge in [-0.1, -0.05) is 44.4 Å². The van der Waals surface area contributed by atoms with Crippen LogP contribution in [0.4, 0.5) is 0 Å². The Labute approximate surface area is 150 Å². The number of rotatable bonds is 12. The van der Waals surface area contributed by atoms with Gasteiger partial charge in [0.25, 0.3) is 0 Å². The van der Waals surface area contributed by atoms with Crippen molar-refractivity contribution in [3.05, 3.63) is 35.7 Å². The molecule has 0 saturated carbocycles. The molecule has 1 aromatic heterocycles. The molecule has 0 aliphatic carbocycles. The number of ketones is 1. The number of aliphatic hydroxyl groups is 1. The van der Waals surface area contributed by atoms with Crippen LogP contribution in [0.15, 0.2) is 24.4 Å². The maximum Gasteiger partial charge on any atom is 0.305 e. The number of ether oxygens (including phenoxy) is 1. The summed E-state index contributed by atoms with van der Waals surface area (Å²) in [4.78, 5) is 27.6. The second-order valence-electron chi connectivity index (χ2n) is 6.08. The second kappa shape index (κ2) is 12.4. The van der Waals surface area contributed by atoms with Crippen molar-refractivity contribution < 1.29 is 19.4 Å². The molecule has 0 radical (unpaired) electrons. The van der Waals surface area contributed by atoms with Crippen LogP contribution in [0.1, 0.15) is 74.3 Å². The molecular formula is C20H29NO4. The molecule has 25 heavy (non-hydrogen) atoms. The molecular weight excluding hydrogens is 318 g/mol. The third-order valence-corrected chi connectivity index (χ3v) is 3.96. The average molecular weight is 347 g/mol. The number of hydrogen-bond acceptors (Lipinski definition) is 5. The highest BCUT2D eigenvalue weighted by Gasteiger charge is 2.12. The Morgan fingerprint density at radius 1 is 1.28 bits per heavy atom. The van der Waals surface area contributed by atoms with Crippen LogP contribution in [-0.4, -0.2) is 35.1 Å². The molecule has 0 aliphatic heterocycles. The van der Waals surface area contributed by atoms with Gasteiger partial charge in [0.05, 0.1) is 13.2 Å². The van der Waals surface area contributed by atoms with Gasteiger partial charge < -0.3 is 9.84 Å². The quantitative estimate of drug-likeness (QED) is 0.352. The summed E-state index contributed by atoms with van der Waals surface area (Å²) in [6.45, 7) is 2.14. The lowest BCUT2D eigenvalue weighted by atomic mass is 10.0. The number of nitrogens with zero attached hydrogens (tertiary/aromatic N) is 1. The predicted molar refractivity (Wildman–Crippen MR) is 98.2 cm³/mol. The van der Waals surface area contributed by atoms with Gasteiger partial charge >= 0.3 is 5.97 Å². The van der Waals surface area contributed by atoms with Crippen molar-refractivity contribution in [1.82, 2.24) is 4.98 Å². The van der Waals surface area contributed by atoms with E-state index >= 15 is 0 Å². The number of hydrogen-bond donors (Lipinski definition) is 1. The SMILES string of the molecule is CCCCCC(O)C/C=C/c1cccnc1C(=O)CCCC(=O)OC. The smallest absolute Gasteiger partial charge is 0.305 e. The van der Waals surface area contributed by atoms with Crippen LogP contribution in [-0.2, 0) is 9.53 Å². The number of pyridine rings is 1. The molecule has 138 valence electrons. The van der Waals surface area contributed by atoms with Crippen LogP contribution in [0, 0.1) is 0 Å². The first-order valence-corrected chi connectivity index (χ1v) is 8.98. The van der Waals surface area contributed by atoms with Crippen LogP contribution in [0.3, 0.4) is 0 Å². The maximum atomic E-state index is 12.3. The van der Waals surface area contributed by atoms with Gasteiger partial charge in [0, 0.05) is 24.6 Å². The molecule has 5 nitrogen and oxygen atoms in total. The molecule has 0 aromatic carbocycles. The minimum atomic E-state index is -0.348. The Morgan fingerprint density at radius 2 is 2.08 bits per heavy atom. The van der Waals surface area contributed by atoms with Crippen molar-refractivity contribution in [3.8, 4) is 0 Å². The summed E-state index contributed by atoms with van der Waals surface area (Å²) < 4.78 is 4.57. The van der Waals surface area contributed by atoms with Crippen molar-refractivity contribution >= 4 is 17.8 Å². The monoisotopic (exact) mass is 347 g/mol. The number of carbonyl (C=O) groups is 2. The van der Waals surface area contributed by atoms with Crippen molar-refractivity contribution in [1.29, 1.82) is 0 Å². The second-order valence-corrected chi connectivity index (χ2v) is 6.08. The summed E-state index contributed by atoms with van der Waals surface area (Å²) in [6.07, 6.45) is 10.6. The van der Waals surface area contributed by atoms with E-state index in [0.717, 1.165) is 31.2 Å². The Bertz CT molecular complexity index is 569. The molecule has 0 saturated heterocycles. The van der Waals surface area contributed by atoms with Gasteiger partial charge in [0.1, 0.15) is 5.69 Å². The summed E-state index contributed by atoms with van der Waals surface area (Å²) in [5, 5.41) is 9.95. The minimum Gasteiger partial charge on any atom is -0.469 e. The zero-order valence-corrected chi connectivity index (χ0v) is 15.2. The van der Waals surface area contributed by atoms with E-state index in [1.54, 1.807) is 12.3 Å². The molecule has 1 rings (SSSR count). The molecule has 0 bridgehead atoms. The number of methoxy groups -OCH3 is 1. The predicted octanol–water partition coefficient (Wildman–Crippen LogP) is 3.95. The number of unbranched alkanes of at least 4 members (excludes halogenated alkanes) is 2. The zero-order valence-electron chi connectivity index (χ0n) is 15.2.